The van der Waals surface area contributed by atoms with Gasteiger partial charge in [0.15, 0.2) is 18.9 Å². The number of rotatable bonds is 15. The van der Waals surface area contributed by atoms with Crippen molar-refractivity contribution in [3.8, 4) is 0 Å². The first-order valence-electron chi connectivity index (χ1n) is 20.0. The summed E-state index contributed by atoms with van der Waals surface area (Å²) in [6.45, 7) is 5.16. The van der Waals surface area contributed by atoms with Crippen molar-refractivity contribution in [2.24, 2.45) is 0 Å². The van der Waals surface area contributed by atoms with Crippen LogP contribution in [-0.2, 0) is 62.5 Å². The first-order valence-corrected chi connectivity index (χ1v) is 20.0. The zero-order valence-corrected chi connectivity index (χ0v) is 33.2. The van der Waals surface area contributed by atoms with Crippen LogP contribution in [0.1, 0.15) is 46.0 Å². The van der Waals surface area contributed by atoms with E-state index in [9.17, 15) is 5.11 Å². The molecule has 3 fully saturated rings. The second-order valence-corrected chi connectivity index (χ2v) is 15.1. The highest BCUT2D eigenvalue weighted by atomic mass is 16.8. The Bertz CT molecular complexity index is 1960. The van der Waals surface area contributed by atoms with Gasteiger partial charge in [0.05, 0.1) is 33.0 Å². The van der Waals surface area contributed by atoms with Crippen molar-refractivity contribution in [3.63, 3.8) is 0 Å². The summed E-state index contributed by atoms with van der Waals surface area (Å²) in [7, 11) is 1.60. The Labute approximate surface area is 340 Å². The fourth-order valence-corrected chi connectivity index (χ4v) is 8.18. The molecule has 3 aliphatic heterocycles. The molecule has 11 atom stereocenters. The lowest BCUT2D eigenvalue weighted by Crippen LogP contribution is -2.63. The topological polar surface area (TPSA) is 108 Å². The molecular weight excluding hydrogens is 739 g/mol. The molecular formula is C47H53NO10. The van der Waals surface area contributed by atoms with Crippen LogP contribution in [-0.4, -0.2) is 85.3 Å². The van der Waals surface area contributed by atoms with Gasteiger partial charge >= 0.3 is 0 Å². The number of ether oxygens (including phenoxy) is 9. The van der Waals surface area contributed by atoms with Crippen LogP contribution in [0.5, 0.6) is 0 Å². The lowest BCUT2D eigenvalue weighted by Gasteiger charge is -2.49. The van der Waals surface area contributed by atoms with Gasteiger partial charge in [0.25, 0.3) is 0 Å². The van der Waals surface area contributed by atoms with E-state index in [4.69, 9.17) is 42.6 Å². The van der Waals surface area contributed by atoms with E-state index in [2.05, 4.69) is 4.57 Å². The predicted octanol–water partition coefficient (Wildman–Crippen LogP) is 6.99. The molecule has 8 rings (SSSR count). The number of hydrogen-bond acceptors (Lipinski definition) is 10. The predicted molar refractivity (Wildman–Crippen MR) is 214 cm³/mol. The summed E-state index contributed by atoms with van der Waals surface area (Å²) in [5.74, 6) is 0. The summed E-state index contributed by atoms with van der Waals surface area (Å²) in [5, 5.41) is 12.2. The molecule has 0 aliphatic carbocycles. The Hall–Kier alpha value is -4.24. The molecule has 0 amide bonds. The monoisotopic (exact) mass is 791 g/mol. The number of fused-ring (bicyclic) bond motifs is 1. The number of hydrogen-bond donors (Lipinski definition) is 1. The molecule has 0 spiro atoms. The molecule has 0 bridgehead atoms. The number of aryl methyl sites for hydroxylation is 2. The zero-order chi connectivity index (χ0) is 39.8. The summed E-state index contributed by atoms with van der Waals surface area (Å²) in [6, 6.07) is 43.1. The zero-order valence-electron chi connectivity index (χ0n) is 33.2. The number of aromatic nitrogens is 1. The van der Waals surface area contributed by atoms with E-state index in [1.807, 2.05) is 147 Å². The molecule has 0 radical (unpaired) electrons. The minimum absolute atomic E-state index is 0.0227. The standard InChI is InChI=1S/C47H53NO10/c1-31-24-25-32(2)48(31)39-40(49)41-37(29-54-45(58-41)36-22-14-7-15-23-36)56-46(39)55-30-38-42(51-26-33-16-8-4-9-17-33)43(52-27-34-18-10-5-11-19-34)44(47(50-3)57-38)53-28-35-20-12-6-13-21-35/h4-25,37-47,49H,26-30H2,1-3H3/t37-,38-,39-,40-,41-,42-,43+,44-,45?,46-,47+/m1/s1. The van der Waals surface area contributed by atoms with Crippen LogP contribution >= 0.6 is 0 Å². The third-order valence-electron chi connectivity index (χ3n) is 11.1. The molecule has 1 unspecified atom stereocenters. The van der Waals surface area contributed by atoms with E-state index in [1.165, 1.54) is 0 Å². The van der Waals surface area contributed by atoms with Crippen molar-refractivity contribution in [3.05, 3.63) is 167 Å². The van der Waals surface area contributed by atoms with Crippen LogP contribution in [0.15, 0.2) is 133 Å². The second-order valence-electron chi connectivity index (χ2n) is 15.1. The van der Waals surface area contributed by atoms with Crippen LogP contribution in [0.4, 0.5) is 0 Å². The molecule has 1 N–H and O–H groups in total. The van der Waals surface area contributed by atoms with Crippen molar-refractivity contribution in [1.82, 2.24) is 4.57 Å². The molecule has 11 heteroatoms. The Balaban J connectivity index is 1.08. The normalized spacial score (nSPS) is 29.8. The lowest BCUT2D eigenvalue weighted by molar-refractivity contribution is -0.361. The van der Waals surface area contributed by atoms with Crippen LogP contribution in [0, 0.1) is 13.8 Å². The molecule has 0 saturated carbocycles. The maximum Gasteiger partial charge on any atom is 0.186 e. The fraction of sp³-hybridized carbons (Fsp3) is 0.404. The van der Waals surface area contributed by atoms with Gasteiger partial charge < -0.3 is 52.3 Å². The van der Waals surface area contributed by atoms with E-state index in [0.717, 1.165) is 33.6 Å². The average molecular weight is 792 g/mol. The van der Waals surface area contributed by atoms with Gasteiger partial charge in [0, 0.05) is 24.1 Å². The molecule has 4 aromatic carbocycles. The first kappa shape index (κ1) is 40.5. The first-order chi connectivity index (χ1) is 28.5. The summed E-state index contributed by atoms with van der Waals surface area (Å²) in [5.41, 5.74) is 5.78. The van der Waals surface area contributed by atoms with Gasteiger partial charge in [0.2, 0.25) is 0 Å². The summed E-state index contributed by atoms with van der Waals surface area (Å²) in [6.07, 6.45) is -7.28. The van der Waals surface area contributed by atoms with Crippen LogP contribution in [0.25, 0.3) is 0 Å². The Morgan fingerprint density at radius 1 is 0.586 bits per heavy atom. The maximum atomic E-state index is 12.2. The van der Waals surface area contributed by atoms with Gasteiger partial charge in [-0.25, -0.2) is 0 Å². The molecule has 3 saturated heterocycles. The highest BCUT2D eigenvalue weighted by Gasteiger charge is 2.53. The van der Waals surface area contributed by atoms with E-state index < -0.39 is 67.6 Å². The molecule has 4 heterocycles. The minimum atomic E-state index is -0.995. The largest absolute Gasteiger partial charge is 0.388 e. The second kappa shape index (κ2) is 19.2. The van der Waals surface area contributed by atoms with Gasteiger partial charge in [-0.2, -0.15) is 0 Å². The highest BCUT2D eigenvalue weighted by molar-refractivity contribution is 5.20. The molecule has 5 aromatic rings. The fourth-order valence-electron chi connectivity index (χ4n) is 8.18. The molecule has 1 aromatic heterocycles. The summed E-state index contributed by atoms with van der Waals surface area (Å²) >= 11 is 0. The van der Waals surface area contributed by atoms with Crippen molar-refractivity contribution in [2.75, 3.05) is 20.3 Å². The van der Waals surface area contributed by atoms with Crippen LogP contribution in [0.2, 0.25) is 0 Å². The lowest BCUT2D eigenvalue weighted by atomic mass is 9.94. The third kappa shape index (κ3) is 9.30. The SMILES string of the molecule is CO[C@H]1O[C@H](CO[C@@H]2O[C@@H]3COC(c4ccccc4)O[C@H]3[C@H](O)[C@H]2n2c(C)ccc2C)[C@@H](OCc2ccccc2)[C@H](OCc2ccccc2)[C@H]1OCc1ccccc1. The van der Waals surface area contributed by atoms with Crippen molar-refractivity contribution in [1.29, 1.82) is 0 Å². The van der Waals surface area contributed by atoms with E-state index in [1.54, 1.807) is 7.11 Å². The molecule has 306 valence electrons. The molecule has 11 nitrogen and oxygen atoms in total. The quantitative estimate of drug-likeness (QED) is 0.119. The molecule has 58 heavy (non-hydrogen) atoms. The number of aliphatic hydroxyl groups excluding tert-OH is 1. The third-order valence-corrected chi connectivity index (χ3v) is 11.1. The summed E-state index contributed by atoms with van der Waals surface area (Å²) in [4.78, 5) is 0. The number of methoxy groups -OCH3 is 1. The average Bonchev–Trinajstić information content (AvgIpc) is 3.60. The highest BCUT2D eigenvalue weighted by Crippen LogP contribution is 2.40. The smallest absolute Gasteiger partial charge is 0.186 e. The summed E-state index contributed by atoms with van der Waals surface area (Å²) < 4.78 is 61.1. The van der Waals surface area contributed by atoms with Crippen LogP contribution < -0.4 is 0 Å². The van der Waals surface area contributed by atoms with Gasteiger partial charge in [-0.3, -0.25) is 0 Å². The number of aliphatic hydroxyl groups is 1. The van der Waals surface area contributed by atoms with Crippen molar-refractivity contribution < 1.29 is 47.7 Å². The Morgan fingerprint density at radius 2 is 1.10 bits per heavy atom. The van der Waals surface area contributed by atoms with Crippen molar-refractivity contribution >= 4 is 0 Å². The van der Waals surface area contributed by atoms with E-state index >= 15 is 0 Å². The van der Waals surface area contributed by atoms with E-state index in [0.29, 0.717) is 19.8 Å². The van der Waals surface area contributed by atoms with Crippen molar-refractivity contribution in [2.45, 2.75) is 101 Å². The van der Waals surface area contributed by atoms with E-state index in [-0.39, 0.29) is 13.2 Å². The minimum Gasteiger partial charge on any atom is -0.388 e. The number of nitrogens with zero attached hydrogens (tertiary/aromatic N) is 1. The van der Waals surface area contributed by atoms with Gasteiger partial charge in [-0.05, 0) is 42.7 Å². The maximum absolute atomic E-state index is 12.2. The van der Waals surface area contributed by atoms with Gasteiger partial charge in [-0.15, -0.1) is 0 Å². The van der Waals surface area contributed by atoms with Gasteiger partial charge in [-0.1, -0.05) is 121 Å². The number of benzene rings is 4. The molecule has 3 aliphatic rings. The van der Waals surface area contributed by atoms with Gasteiger partial charge in [0.1, 0.15) is 48.8 Å². The van der Waals surface area contributed by atoms with Crippen LogP contribution in [0.3, 0.4) is 0 Å². The Morgan fingerprint density at radius 3 is 1.66 bits per heavy atom. The Kier molecular flexibility index (Phi) is 13.4.